The van der Waals surface area contributed by atoms with E-state index in [4.69, 9.17) is 26.2 Å². The van der Waals surface area contributed by atoms with Crippen LogP contribution in [0.1, 0.15) is 36.1 Å². The number of hydrogen-bond acceptors (Lipinski definition) is 5. The van der Waals surface area contributed by atoms with Crippen molar-refractivity contribution in [1.29, 1.82) is 0 Å². The Balaban J connectivity index is 2.19. The summed E-state index contributed by atoms with van der Waals surface area (Å²) in [6.07, 6.45) is -1.57. The van der Waals surface area contributed by atoms with E-state index in [-0.39, 0.29) is 31.1 Å². The van der Waals surface area contributed by atoms with E-state index in [1.54, 1.807) is 0 Å². The van der Waals surface area contributed by atoms with Gasteiger partial charge in [0.25, 0.3) is 0 Å². The van der Waals surface area contributed by atoms with Gasteiger partial charge in [-0.15, -0.1) is 11.6 Å². The molecule has 0 bridgehead atoms. The Kier molecular flexibility index (Phi) is 8.34. The van der Waals surface area contributed by atoms with Gasteiger partial charge >= 0.3 is 0 Å². The molecule has 2 aromatic carbocycles. The zero-order valence-corrected chi connectivity index (χ0v) is 18.2. The number of benzene rings is 2. The predicted octanol–water partition coefficient (Wildman–Crippen LogP) is 3.34. The molecule has 0 aliphatic carbocycles. The highest BCUT2D eigenvalue weighted by Gasteiger charge is 2.24. The standard InChI is InChI=1S/C23H31ClO5/c1-15-9-17(5-7-21(15)28-13-19(26)11-24)23(3,4)18-6-8-22(16(2)10-18)29-14-20(27)12-25/h5-10,19-20,25-27H,11-14H2,1-4H3/t19-,20-/m0/s1. The fourth-order valence-corrected chi connectivity index (χ4v) is 3.13. The lowest BCUT2D eigenvalue weighted by Crippen LogP contribution is -2.22. The highest BCUT2D eigenvalue weighted by molar-refractivity contribution is 6.18. The predicted molar refractivity (Wildman–Crippen MR) is 115 cm³/mol. The van der Waals surface area contributed by atoms with Gasteiger partial charge in [-0.3, -0.25) is 0 Å². The lowest BCUT2D eigenvalue weighted by molar-refractivity contribution is 0.0534. The molecule has 0 saturated heterocycles. The zero-order chi connectivity index (χ0) is 21.6. The first-order valence-electron chi connectivity index (χ1n) is 9.69. The lowest BCUT2D eigenvalue weighted by Gasteiger charge is -2.28. The summed E-state index contributed by atoms with van der Waals surface area (Å²) in [4.78, 5) is 0. The topological polar surface area (TPSA) is 79.2 Å². The maximum atomic E-state index is 9.58. The van der Waals surface area contributed by atoms with Gasteiger partial charge in [-0.05, 0) is 48.2 Å². The Morgan fingerprint density at radius 3 is 1.69 bits per heavy atom. The Morgan fingerprint density at radius 1 is 0.862 bits per heavy atom. The van der Waals surface area contributed by atoms with E-state index < -0.39 is 12.2 Å². The monoisotopic (exact) mass is 422 g/mol. The summed E-state index contributed by atoms with van der Waals surface area (Å²) in [7, 11) is 0. The van der Waals surface area contributed by atoms with Crippen molar-refractivity contribution in [3.8, 4) is 11.5 Å². The van der Waals surface area contributed by atoms with Gasteiger partial charge in [0.2, 0.25) is 0 Å². The fourth-order valence-electron chi connectivity index (χ4n) is 3.04. The molecule has 0 amide bonds. The molecule has 0 heterocycles. The van der Waals surface area contributed by atoms with E-state index in [1.165, 1.54) is 0 Å². The van der Waals surface area contributed by atoms with Crippen molar-refractivity contribution < 1.29 is 24.8 Å². The molecule has 29 heavy (non-hydrogen) atoms. The normalized spacial score (nSPS) is 13.8. The number of aliphatic hydroxyl groups is 3. The second kappa shape index (κ2) is 10.3. The van der Waals surface area contributed by atoms with Crippen molar-refractivity contribution >= 4 is 11.6 Å². The SMILES string of the molecule is Cc1cc(C(C)(C)c2ccc(OC[C@@H](O)CCl)c(C)c2)ccc1OC[C@@H](O)CO. The minimum Gasteiger partial charge on any atom is -0.491 e. The third-order valence-corrected chi connectivity index (χ3v) is 5.40. The van der Waals surface area contributed by atoms with E-state index in [1.807, 2.05) is 38.1 Å². The molecule has 0 aliphatic heterocycles. The number of rotatable bonds is 10. The number of aliphatic hydroxyl groups excluding tert-OH is 3. The second-order valence-electron chi connectivity index (χ2n) is 7.85. The molecule has 0 radical (unpaired) electrons. The summed E-state index contributed by atoms with van der Waals surface area (Å²) in [5.74, 6) is 1.56. The summed E-state index contributed by atoms with van der Waals surface area (Å²) < 4.78 is 11.3. The van der Waals surface area contributed by atoms with Crippen LogP contribution in [0.2, 0.25) is 0 Å². The first-order valence-corrected chi connectivity index (χ1v) is 10.2. The molecule has 3 N–H and O–H groups in total. The van der Waals surface area contributed by atoms with E-state index >= 15 is 0 Å². The Hall–Kier alpha value is -1.79. The summed E-state index contributed by atoms with van der Waals surface area (Å²) in [6.45, 7) is 8.15. The van der Waals surface area contributed by atoms with Crippen LogP contribution in [0.3, 0.4) is 0 Å². The van der Waals surface area contributed by atoms with Gasteiger partial charge in [-0.2, -0.15) is 0 Å². The average molecular weight is 423 g/mol. The number of aryl methyl sites for hydroxylation is 2. The van der Waals surface area contributed by atoms with Crippen LogP contribution in [0.25, 0.3) is 0 Å². The minimum atomic E-state index is -0.889. The maximum absolute atomic E-state index is 9.58. The van der Waals surface area contributed by atoms with Crippen molar-refractivity contribution in [2.45, 2.75) is 45.3 Å². The summed E-state index contributed by atoms with van der Waals surface area (Å²) in [5.41, 5.74) is 3.99. The first kappa shape index (κ1) is 23.5. The fraction of sp³-hybridized carbons (Fsp3) is 0.478. The van der Waals surface area contributed by atoms with Crippen LogP contribution in [0.5, 0.6) is 11.5 Å². The van der Waals surface area contributed by atoms with Crippen LogP contribution < -0.4 is 9.47 Å². The van der Waals surface area contributed by atoms with Crippen LogP contribution in [-0.2, 0) is 5.41 Å². The van der Waals surface area contributed by atoms with Gasteiger partial charge in [-0.25, -0.2) is 0 Å². The minimum absolute atomic E-state index is 0.0547. The molecular weight excluding hydrogens is 392 g/mol. The van der Waals surface area contributed by atoms with Crippen molar-refractivity contribution in [2.24, 2.45) is 0 Å². The Bertz CT molecular complexity index is 740. The van der Waals surface area contributed by atoms with Crippen molar-refractivity contribution in [3.05, 3.63) is 58.7 Å². The first-order chi connectivity index (χ1) is 13.7. The summed E-state index contributed by atoms with van der Waals surface area (Å²) in [6, 6.07) is 12.1. The van der Waals surface area contributed by atoms with E-state index in [0.717, 1.165) is 28.0 Å². The van der Waals surface area contributed by atoms with Crippen LogP contribution in [0, 0.1) is 13.8 Å². The molecular formula is C23H31ClO5. The van der Waals surface area contributed by atoms with Gasteiger partial charge in [0.1, 0.15) is 36.9 Å². The third-order valence-electron chi connectivity index (χ3n) is 5.04. The molecule has 0 spiro atoms. The van der Waals surface area contributed by atoms with E-state index in [0.29, 0.717) is 5.75 Å². The second-order valence-corrected chi connectivity index (χ2v) is 8.16. The molecule has 2 aromatic rings. The number of halogens is 1. The molecule has 2 rings (SSSR count). The molecule has 6 heteroatoms. The van der Waals surface area contributed by atoms with Gasteiger partial charge in [0.15, 0.2) is 0 Å². The van der Waals surface area contributed by atoms with Gasteiger partial charge in [0, 0.05) is 5.41 Å². The number of ether oxygens (including phenoxy) is 2. The maximum Gasteiger partial charge on any atom is 0.122 e. The molecule has 0 fully saturated rings. The number of alkyl halides is 1. The van der Waals surface area contributed by atoms with Crippen LogP contribution in [-0.4, -0.2) is 53.2 Å². The van der Waals surface area contributed by atoms with E-state index in [2.05, 4.69) is 26.0 Å². The van der Waals surface area contributed by atoms with Crippen LogP contribution in [0.15, 0.2) is 36.4 Å². The molecule has 0 aromatic heterocycles. The molecule has 2 atom stereocenters. The van der Waals surface area contributed by atoms with Crippen LogP contribution >= 0.6 is 11.6 Å². The molecule has 0 saturated carbocycles. The van der Waals surface area contributed by atoms with Gasteiger partial charge in [-0.1, -0.05) is 38.1 Å². The third kappa shape index (κ3) is 6.09. The van der Waals surface area contributed by atoms with Crippen molar-refractivity contribution in [2.75, 3.05) is 25.7 Å². The summed E-state index contributed by atoms with van der Waals surface area (Å²) in [5, 5.41) is 28.0. The Morgan fingerprint density at radius 2 is 1.31 bits per heavy atom. The quantitative estimate of drug-likeness (QED) is 0.512. The Labute approximate surface area is 177 Å². The number of hydrogen-bond donors (Lipinski definition) is 3. The molecule has 160 valence electrons. The van der Waals surface area contributed by atoms with Crippen LogP contribution in [0.4, 0.5) is 0 Å². The van der Waals surface area contributed by atoms with Gasteiger partial charge < -0.3 is 24.8 Å². The lowest BCUT2D eigenvalue weighted by atomic mass is 9.77. The molecule has 0 unspecified atom stereocenters. The molecule has 0 aliphatic rings. The van der Waals surface area contributed by atoms with Crippen molar-refractivity contribution in [3.63, 3.8) is 0 Å². The largest absolute Gasteiger partial charge is 0.491 e. The average Bonchev–Trinajstić information content (AvgIpc) is 2.71. The molecule has 5 nitrogen and oxygen atoms in total. The highest BCUT2D eigenvalue weighted by atomic mass is 35.5. The van der Waals surface area contributed by atoms with Gasteiger partial charge in [0.05, 0.1) is 12.5 Å². The van der Waals surface area contributed by atoms with E-state index in [9.17, 15) is 10.2 Å². The smallest absolute Gasteiger partial charge is 0.122 e. The zero-order valence-electron chi connectivity index (χ0n) is 17.5. The van der Waals surface area contributed by atoms with Crippen molar-refractivity contribution in [1.82, 2.24) is 0 Å². The highest BCUT2D eigenvalue weighted by Crippen LogP contribution is 2.36. The summed E-state index contributed by atoms with van der Waals surface area (Å²) >= 11 is 5.61.